The lowest BCUT2D eigenvalue weighted by Gasteiger charge is -2.15. The molecule has 0 aliphatic heterocycles. The second-order valence-corrected chi connectivity index (χ2v) is 5.91. The lowest BCUT2D eigenvalue weighted by molar-refractivity contribution is 0.237. The Labute approximate surface area is 139 Å². The van der Waals surface area contributed by atoms with Crippen LogP contribution in [0.1, 0.15) is 35.5 Å². The standard InChI is InChI=1S/C16H20ClFN4O/c1-9(15-10(2)21-22(4)11(15)3)20-16(23)19-8-12-5-6-14(18)13(17)7-12/h5-7,9H,8H2,1-4H3,(H2,19,20,23)/t9-/m1/s1. The summed E-state index contributed by atoms with van der Waals surface area (Å²) in [4.78, 5) is 12.0. The van der Waals surface area contributed by atoms with Gasteiger partial charge in [-0.05, 0) is 38.5 Å². The minimum absolute atomic E-state index is 0.0414. The maximum Gasteiger partial charge on any atom is 0.315 e. The average molecular weight is 339 g/mol. The van der Waals surface area contributed by atoms with Gasteiger partial charge in [-0.15, -0.1) is 0 Å². The quantitative estimate of drug-likeness (QED) is 0.897. The number of rotatable bonds is 4. The van der Waals surface area contributed by atoms with E-state index in [1.165, 1.54) is 12.1 Å². The van der Waals surface area contributed by atoms with E-state index in [0.29, 0.717) is 0 Å². The van der Waals surface area contributed by atoms with Gasteiger partial charge in [0.2, 0.25) is 0 Å². The summed E-state index contributed by atoms with van der Waals surface area (Å²) in [6.45, 7) is 6.06. The minimum atomic E-state index is -0.476. The van der Waals surface area contributed by atoms with E-state index in [9.17, 15) is 9.18 Å². The van der Waals surface area contributed by atoms with Crippen LogP contribution in [-0.4, -0.2) is 15.8 Å². The molecule has 5 nitrogen and oxygen atoms in total. The van der Waals surface area contributed by atoms with Gasteiger partial charge in [-0.1, -0.05) is 17.7 Å². The van der Waals surface area contributed by atoms with Crippen molar-refractivity contribution in [3.63, 3.8) is 0 Å². The molecule has 2 rings (SSSR count). The van der Waals surface area contributed by atoms with E-state index in [1.54, 1.807) is 10.7 Å². The van der Waals surface area contributed by atoms with Crippen molar-refractivity contribution in [2.45, 2.75) is 33.4 Å². The highest BCUT2D eigenvalue weighted by Gasteiger charge is 2.17. The second kappa shape index (κ2) is 7.00. The molecule has 23 heavy (non-hydrogen) atoms. The van der Waals surface area contributed by atoms with Crippen LogP contribution in [0.3, 0.4) is 0 Å². The van der Waals surface area contributed by atoms with Crippen LogP contribution in [0.5, 0.6) is 0 Å². The van der Waals surface area contributed by atoms with Crippen LogP contribution in [0, 0.1) is 19.7 Å². The van der Waals surface area contributed by atoms with Crippen molar-refractivity contribution in [2.75, 3.05) is 0 Å². The Morgan fingerprint density at radius 3 is 2.70 bits per heavy atom. The van der Waals surface area contributed by atoms with Gasteiger partial charge in [0.05, 0.1) is 16.8 Å². The first kappa shape index (κ1) is 17.3. The van der Waals surface area contributed by atoms with Crippen molar-refractivity contribution >= 4 is 17.6 Å². The summed E-state index contributed by atoms with van der Waals surface area (Å²) in [5.74, 6) is -0.476. The number of carbonyl (C=O) groups is 1. The molecular weight excluding hydrogens is 319 g/mol. The molecule has 0 bridgehead atoms. The molecule has 1 aromatic heterocycles. The van der Waals surface area contributed by atoms with Gasteiger partial charge in [0.1, 0.15) is 5.82 Å². The smallest absolute Gasteiger partial charge is 0.315 e. The normalized spacial score (nSPS) is 12.1. The van der Waals surface area contributed by atoms with E-state index in [2.05, 4.69) is 15.7 Å². The molecule has 0 unspecified atom stereocenters. The number of benzene rings is 1. The number of urea groups is 1. The van der Waals surface area contributed by atoms with Crippen molar-refractivity contribution in [1.82, 2.24) is 20.4 Å². The molecule has 124 valence electrons. The molecule has 0 spiro atoms. The Balaban J connectivity index is 1.95. The number of halogens is 2. The van der Waals surface area contributed by atoms with Gasteiger partial charge in [-0.25, -0.2) is 9.18 Å². The largest absolute Gasteiger partial charge is 0.334 e. The predicted octanol–water partition coefficient (Wildman–Crippen LogP) is 3.39. The topological polar surface area (TPSA) is 59.0 Å². The fraction of sp³-hybridized carbons (Fsp3) is 0.375. The lowest BCUT2D eigenvalue weighted by atomic mass is 10.1. The number of nitrogens with zero attached hydrogens (tertiary/aromatic N) is 2. The Bertz CT molecular complexity index is 729. The lowest BCUT2D eigenvalue weighted by Crippen LogP contribution is -2.37. The van der Waals surface area contributed by atoms with Crippen LogP contribution in [0.4, 0.5) is 9.18 Å². The molecule has 2 aromatic rings. The zero-order valence-electron chi connectivity index (χ0n) is 13.6. The number of carbonyl (C=O) groups excluding carboxylic acids is 1. The maximum absolute atomic E-state index is 13.1. The first-order valence-electron chi connectivity index (χ1n) is 7.28. The molecule has 1 atom stereocenters. The number of amides is 2. The number of aromatic nitrogens is 2. The third-order valence-corrected chi connectivity index (χ3v) is 4.07. The van der Waals surface area contributed by atoms with Gasteiger partial charge >= 0.3 is 6.03 Å². The summed E-state index contributed by atoms with van der Waals surface area (Å²) in [6.07, 6.45) is 0. The fourth-order valence-corrected chi connectivity index (χ4v) is 2.77. The van der Waals surface area contributed by atoms with Crippen molar-refractivity contribution in [3.05, 3.63) is 51.6 Å². The summed E-state index contributed by atoms with van der Waals surface area (Å²) in [5.41, 5.74) is 3.64. The Morgan fingerprint density at radius 1 is 1.43 bits per heavy atom. The van der Waals surface area contributed by atoms with E-state index in [-0.39, 0.29) is 23.6 Å². The van der Waals surface area contributed by atoms with Gasteiger partial charge < -0.3 is 10.6 Å². The van der Waals surface area contributed by atoms with Crippen LogP contribution in [0.2, 0.25) is 5.02 Å². The zero-order valence-corrected chi connectivity index (χ0v) is 14.3. The number of nitrogens with one attached hydrogen (secondary N) is 2. The summed E-state index contributed by atoms with van der Waals surface area (Å²) < 4.78 is 14.9. The van der Waals surface area contributed by atoms with Crippen molar-refractivity contribution in [1.29, 1.82) is 0 Å². The minimum Gasteiger partial charge on any atom is -0.334 e. The molecule has 0 saturated heterocycles. The Kier molecular flexibility index (Phi) is 5.26. The monoisotopic (exact) mass is 338 g/mol. The average Bonchev–Trinajstić information content (AvgIpc) is 2.73. The molecule has 0 radical (unpaired) electrons. The predicted molar refractivity (Wildman–Crippen MR) is 87.9 cm³/mol. The number of aryl methyl sites for hydroxylation is 2. The van der Waals surface area contributed by atoms with Gasteiger partial charge in [-0.2, -0.15) is 5.10 Å². The van der Waals surface area contributed by atoms with Gasteiger partial charge in [0.15, 0.2) is 0 Å². The number of hydrogen-bond acceptors (Lipinski definition) is 2. The molecule has 0 aliphatic carbocycles. The highest BCUT2D eigenvalue weighted by atomic mass is 35.5. The van der Waals surface area contributed by atoms with Crippen LogP contribution in [0.25, 0.3) is 0 Å². The third-order valence-electron chi connectivity index (χ3n) is 3.78. The molecule has 7 heteroatoms. The molecular formula is C16H20ClFN4O. The van der Waals surface area contributed by atoms with E-state index >= 15 is 0 Å². The Morgan fingerprint density at radius 2 is 2.13 bits per heavy atom. The first-order valence-corrected chi connectivity index (χ1v) is 7.65. The zero-order chi connectivity index (χ0) is 17.1. The molecule has 2 amide bonds. The fourth-order valence-electron chi connectivity index (χ4n) is 2.57. The van der Waals surface area contributed by atoms with Gasteiger partial charge in [-0.3, -0.25) is 4.68 Å². The SMILES string of the molecule is Cc1nn(C)c(C)c1[C@@H](C)NC(=O)NCc1ccc(F)c(Cl)c1. The first-order chi connectivity index (χ1) is 10.8. The van der Waals surface area contributed by atoms with Gasteiger partial charge in [0, 0.05) is 24.8 Å². The number of hydrogen-bond donors (Lipinski definition) is 2. The van der Waals surface area contributed by atoms with E-state index < -0.39 is 5.82 Å². The van der Waals surface area contributed by atoms with E-state index in [4.69, 9.17) is 11.6 Å². The summed E-state index contributed by atoms with van der Waals surface area (Å²) in [6, 6.07) is 3.89. The Hall–Kier alpha value is -2.08. The summed E-state index contributed by atoms with van der Waals surface area (Å²) in [7, 11) is 1.87. The van der Waals surface area contributed by atoms with Crippen LogP contribution >= 0.6 is 11.6 Å². The molecule has 1 aromatic carbocycles. The third kappa shape index (κ3) is 4.01. The van der Waals surface area contributed by atoms with Crippen molar-refractivity contribution < 1.29 is 9.18 Å². The highest BCUT2D eigenvalue weighted by Crippen LogP contribution is 2.20. The van der Waals surface area contributed by atoms with E-state index in [1.807, 2.05) is 27.8 Å². The highest BCUT2D eigenvalue weighted by molar-refractivity contribution is 6.30. The molecule has 0 saturated carbocycles. The van der Waals surface area contributed by atoms with Crippen LogP contribution in [-0.2, 0) is 13.6 Å². The van der Waals surface area contributed by atoms with Crippen molar-refractivity contribution in [3.8, 4) is 0 Å². The van der Waals surface area contributed by atoms with E-state index in [0.717, 1.165) is 22.5 Å². The van der Waals surface area contributed by atoms with Crippen molar-refractivity contribution in [2.24, 2.45) is 7.05 Å². The molecule has 0 fully saturated rings. The second-order valence-electron chi connectivity index (χ2n) is 5.51. The summed E-state index contributed by atoms with van der Waals surface area (Å²) in [5, 5.41) is 10.00. The molecule has 1 heterocycles. The van der Waals surface area contributed by atoms with Gasteiger partial charge in [0.25, 0.3) is 0 Å². The van der Waals surface area contributed by atoms with Crippen LogP contribution in [0.15, 0.2) is 18.2 Å². The summed E-state index contributed by atoms with van der Waals surface area (Å²) >= 11 is 5.72. The molecule has 2 N–H and O–H groups in total. The molecule has 0 aliphatic rings. The maximum atomic E-state index is 13.1. The van der Waals surface area contributed by atoms with Crippen LogP contribution < -0.4 is 10.6 Å².